The zero-order chi connectivity index (χ0) is 13.1. The quantitative estimate of drug-likeness (QED) is 0.872. The van der Waals surface area contributed by atoms with Crippen molar-refractivity contribution in [2.75, 3.05) is 13.7 Å². The molecule has 0 fully saturated rings. The highest BCUT2D eigenvalue weighted by Crippen LogP contribution is 2.18. The Morgan fingerprint density at radius 3 is 2.35 bits per heavy atom. The van der Waals surface area contributed by atoms with E-state index in [9.17, 15) is 17.2 Å². The van der Waals surface area contributed by atoms with Gasteiger partial charge in [-0.15, -0.1) is 0 Å². The fraction of sp³-hybridized carbons (Fsp3) is 0.400. The van der Waals surface area contributed by atoms with Gasteiger partial charge in [-0.05, 0) is 19.1 Å². The van der Waals surface area contributed by atoms with Crippen LogP contribution in [-0.2, 0) is 14.8 Å². The molecule has 1 N–H and O–H groups in total. The van der Waals surface area contributed by atoms with Gasteiger partial charge in [-0.25, -0.2) is 21.9 Å². The molecule has 7 heteroatoms. The summed E-state index contributed by atoms with van der Waals surface area (Å²) < 4.78 is 56.9. The molecule has 1 aromatic carbocycles. The standard InChI is InChI=1S/C10H13F2NO3S/c1-7(6-16-2)13-17(14,15)10-8(11)4-3-5-9(10)12/h3-5,7,13H,6H2,1-2H3. The smallest absolute Gasteiger partial charge is 0.246 e. The summed E-state index contributed by atoms with van der Waals surface area (Å²) in [5.74, 6) is -2.25. The zero-order valence-electron chi connectivity index (χ0n) is 9.41. The number of nitrogens with one attached hydrogen (secondary N) is 1. The summed E-state index contributed by atoms with van der Waals surface area (Å²) in [5.41, 5.74) is 0. The fourth-order valence-corrected chi connectivity index (χ4v) is 2.71. The maximum atomic E-state index is 13.3. The predicted octanol–water partition coefficient (Wildman–Crippen LogP) is 1.28. The second kappa shape index (κ2) is 5.52. The van der Waals surface area contributed by atoms with Crippen LogP contribution >= 0.6 is 0 Å². The van der Waals surface area contributed by atoms with Gasteiger partial charge < -0.3 is 4.74 Å². The van der Waals surface area contributed by atoms with Crippen molar-refractivity contribution in [3.05, 3.63) is 29.8 Å². The first-order valence-electron chi connectivity index (χ1n) is 4.83. The van der Waals surface area contributed by atoms with Gasteiger partial charge in [0.1, 0.15) is 11.6 Å². The van der Waals surface area contributed by atoms with Crippen LogP contribution < -0.4 is 4.72 Å². The van der Waals surface area contributed by atoms with E-state index in [0.717, 1.165) is 18.2 Å². The molecule has 0 heterocycles. The molecule has 0 aliphatic carbocycles. The summed E-state index contributed by atoms with van der Waals surface area (Å²) in [4.78, 5) is -0.969. The van der Waals surface area contributed by atoms with Gasteiger partial charge in [0.15, 0.2) is 4.90 Å². The highest BCUT2D eigenvalue weighted by Gasteiger charge is 2.25. The maximum Gasteiger partial charge on any atom is 0.246 e. The van der Waals surface area contributed by atoms with E-state index in [1.54, 1.807) is 0 Å². The van der Waals surface area contributed by atoms with E-state index in [1.165, 1.54) is 14.0 Å². The second-order valence-electron chi connectivity index (χ2n) is 3.53. The van der Waals surface area contributed by atoms with Gasteiger partial charge >= 0.3 is 0 Å². The molecule has 0 spiro atoms. The Morgan fingerprint density at radius 2 is 1.88 bits per heavy atom. The lowest BCUT2D eigenvalue weighted by Gasteiger charge is -2.13. The molecule has 1 unspecified atom stereocenters. The van der Waals surface area contributed by atoms with E-state index < -0.39 is 32.6 Å². The van der Waals surface area contributed by atoms with Crippen LogP contribution in [0.15, 0.2) is 23.1 Å². The molecule has 0 radical (unpaired) electrons. The largest absolute Gasteiger partial charge is 0.383 e. The molecule has 0 aliphatic heterocycles. The molecule has 1 rings (SSSR count). The van der Waals surface area contributed by atoms with E-state index in [2.05, 4.69) is 4.72 Å². The Labute approximate surface area is 98.6 Å². The Balaban J connectivity index is 3.06. The fourth-order valence-electron chi connectivity index (χ4n) is 1.35. The van der Waals surface area contributed by atoms with Crippen molar-refractivity contribution in [2.45, 2.75) is 17.9 Å². The van der Waals surface area contributed by atoms with Crippen LogP contribution in [0.2, 0.25) is 0 Å². The molecule has 4 nitrogen and oxygen atoms in total. The minimum Gasteiger partial charge on any atom is -0.383 e. The molecular formula is C10H13F2NO3S. The number of ether oxygens (including phenoxy) is 1. The predicted molar refractivity (Wildman–Crippen MR) is 58.0 cm³/mol. The molecule has 0 bridgehead atoms. The average molecular weight is 265 g/mol. The van der Waals surface area contributed by atoms with Crippen molar-refractivity contribution >= 4 is 10.0 Å². The van der Waals surface area contributed by atoms with Crippen LogP contribution in [-0.4, -0.2) is 28.2 Å². The van der Waals surface area contributed by atoms with Gasteiger partial charge in [-0.3, -0.25) is 0 Å². The molecule has 0 saturated heterocycles. The molecule has 0 saturated carbocycles. The topological polar surface area (TPSA) is 55.4 Å². The van der Waals surface area contributed by atoms with E-state index in [1.807, 2.05) is 0 Å². The minimum absolute atomic E-state index is 0.106. The van der Waals surface area contributed by atoms with Gasteiger partial charge in [0, 0.05) is 13.2 Å². The number of methoxy groups -OCH3 is 1. The van der Waals surface area contributed by atoms with Gasteiger partial charge in [-0.1, -0.05) is 6.07 Å². The minimum atomic E-state index is -4.22. The Kier molecular flexibility index (Phi) is 4.55. The SMILES string of the molecule is COCC(C)NS(=O)(=O)c1c(F)cccc1F. The Hall–Kier alpha value is -1.05. The molecule has 0 amide bonds. The lowest BCUT2D eigenvalue weighted by atomic mass is 10.3. The lowest BCUT2D eigenvalue weighted by molar-refractivity contribution is 0.180. The number of sulfonamides is 1. The molecule has 96 valence electrons. The molecule has 1 atom stereocenters. The third-order valence-electron chi connectivity index (χ3n) is 1.96. The Morgan fingerprint density at radius 1 is 1.35 bits per heavy atom. The molecule has 0 aromatic heterocycles. The van der Waals surface area contributed by atoms with E-state index in [0.29, 0.717) is 0 Å². The first kappa shape index (κ1) is 14.0. The van der Waals surface area contributed by atoms with Crippen molar-refractivity contribution in [3.8, 4) is 0 Å². The van der Waals surface area contributed by atoms with Gasteiger partial charge in [0.05, 0.1) is 6.61 Å². The van der Waals surface area contributed by atoms with Crippen molar-refractivity contribution in [1.29, 1.82) is 0 Å². The van der Waals surface area contributed by atoms with E-state index in [-0.39, 0.29) is 6.61 Å². The summed E-state index contributed by atoms with van der Waals surface area (Å²) in [7, 11) is -2.83. The zero-order valence-corrected chi connectivity index (χ0v) is 10.2. The summed E-state index contributed by atoms with van der Waals surface area (Å²) in [5, 5.41) is 0. The monoisotopic (exact) mass is 265 g/mol. The van der Waals surface area contributed by atoms with Crippen molar-refractivity contribution < 1.29 is 21.9 Å². The molecule has 1 aromatic rings. The van der Waals surface area contributed by atoms with Gasteiger partial charge in [0.25, 0.3) is 0 Å². The molecule has 17 heavy (non-hydrogen) atoms. The van der Waals surface area contributed by atoms with Crippen LogP contribution in [0.3, 0.4) is 0 Å². The summed E-state index contributed by atoms with van der Waals surface area (Å²) in [6.45, 7) is 1.63. The second-order valence-corrected chi connectivity index (χ2v) is 5.18. The maximum absolute atomic E-state index is 13.3. The van der Waals surface area contributed by atoms with E-state index >= 15 is 0 Å². The summed E-state index contributed by atoms with van der Waals surface area (Å²) in [6, 6.07) is 2.29. The van der Waals surface area contributed by atoms with Crippen LogP contribution in [0.25, 0.3) is 0 Å². The van der Waals surface area contributed by atoms with Gasteiger partial charge in [0.2, 0.25) is 10.0 Å². The number of rotatable bonds is 5. The van der Waals surface area contributed by atoms with Crippen molar-refractivity contribution in [1.82, 2.24) is 4.72 Å². The third-order valence-corrected chi connectivity index (χ3v) is 3.60. The molecule has 0 aliphatic rings. The normalized spacial score (nSPS) is 13.6. The van der Waals surface area contributed by atoms with Crippen molar-refractivity contribution in [2.24, 2.45) is 0 Å². The molecular weight excluding hydrogens is 252 g/mol. The van der Waals surface area contributed by atoms with Crippen LogP contribution in [0.1, 0.15) is 6.92 Å². The highest BCUT2D eigenvalue weighted by molar-refractivity contribution is 7.89. The van der Waals surface area contributed by atoms with Crippen LogP contribution in [0.5, 0.6) is 0 Å². The summed E-state index contributed by atoms with van der Waals surface area (Å²) >= 11 is 0. The Bertz CT molecular complexity index is 470. The lowest BCUT2D eigenvalue weighted by Crippen LogP contribution is -2.36. The number of benzene rings is 1. The third kappa shape index (κ3) is 3.45. The van der Waals surface area contributed by atoms with Gasteiger partial charge in [-0.2, -0.15) is 0 Å². The highest BCUT2D eigenvalue weighted by atomic mass is 32.2. The van der Waals surface area contributed by atoms with E-state index in [4.69, 9.17) is 4.74 Å². The van der Waals surface area contributed by atoms with Crippen LogP contribution in [0, 0.1) is 11.6 Å². The average Bonchev–Trinajstić information content (AvgIpc) is 2.15. The first-order chi connectivity index (χ1) is 7.88. The number of hydrogen-bond acceptors (Lipinski definition) is 3. The van der Waals surface area contributed by atoms with Crippen LogP contribution in [0.4, 0.5) is 8.78 Å². The number of hydrogen-bond donors (Lipinski definition) is 1. The number of halogens is 2. The summed E-state index contributed by atoms with van der Waals surface area (Å²) in [6.07, 6.45) is 0. The van der Waals surface area contributed by atoms with Crippen molar-refractivity contribution in [3.63, 3.8) is 0 Å². The first-order valence-corrected chi connectivity index (χ1v) is 6.32.